The number of aromatic nitrogens is 1. The van der Waals surface area contributed by atoms with E-state index in [1.54, 1.807) is 0 Å². The summed E-state index contributed by atoms with van der Waals surface area (Å²) in [6, 6.07) is 2.10. The summed E-state index contributed by atoms with van der Waals surface area (Å²) in [6.45, 7) is 0. The first-order valence-corrected chi connectivity index (χ1v) is 7.51. The molecule has 0 unspecified atom stereocenters. The van der Waals surface area contributed by atoms with Gasteiger partial charge in [0.2, 0.25) is 0 Å². The van der Waals surface area contributed by atoms with Crippen molar-refractivity contribution in [2.24, 2.45) is 0 Å². The minimum Gasteiger partial charge on any atom is -0.495 e. The molecule has 1 aromatic carbocycles. The molecule has 1 aromatic heterocycles. The molecule has 0 bridgehead atoms. The minimum atomic E-state index is -4.73. The topological polar surface area (TPSA) is 56.3 Å². The first-order chi connectivity index (χ1) is 12.6. The van der Waals surface area contributed by atoms with Gasteiger partial charge in [-0.05, 0) is 24.3 Å². The van der Waals surface area contributed by atoms with Crippen LogP contribution in [0.25, 0.3) is 0 Å². The van der Waals surface area contributed by atoms with Gasteiger partial charge in [-0.15, -0.1) is 0 Å². The van der Waals surface area contributed by atoms with Crippen LogP contribution in [0.2, 0.25) is 0 Å². The van der Waals surface area contributed by atoms with Gasteiger partial charge < -0.3 is 4.74 Å². The van der Waals surface area contributed by atoms with Gasteiger partial charge in [0.1, 0.15) is 22.9 Å². The SMILES string of the molecule is COc1cnc(CC2=CC(=O)c3c(F)ccc(F)c3C2=O)cc1C(F)(F)F. The summed E-state index contributed by atoms with van der Waals surface area (Å²) in [5.74, 6) is -4.57. The Hall–Kier alpha value is -3.10. The smallest absolute Gasteiger partial charge is 0.420 e. The Kier molecular flexibility index (Phi) is 4.54. The van der Waals surface area contributed by atoms with Crippen LogP contribution in [0, 0.1) is 11.6 Å². The van der Waals surface area contributed by atoms with Gasteiger partial charge in [-0.2, -0.15) is 13.2 Å². The van der Waals surface area contributed by atoms with E-state index in [1.807, 2.05) is 0 Å². The van der Waals surface area contributed by atoms with Crippen LogP contribution in [0.5, 0.6) is 5.75 Å². The second-order valence-electron chi connectivity index (χ2n) is 5.69. The number of carbonyl (C=O) groups excluding carboxylic acids is 2. The predicted molar refractivity (Wildman–Crippen MR) is 82.6 cm³/mol. The fourth-order valence-electron chi connectivity index (χ4n) is 2.76. The number of benzene rings is 1. The number of hydrogen-bond donors (Lipinski definition) is 0. The highest BCUT2D eigenvalue weighted by molar-refractivity contribution is 6.24. The Morgan fingerprint density at radius 1 is 1.07 bits per heavy atom. The molecule has 3 rings (SSSR count). The van der Waals surface area contributed by atoms with Crippen molar-refractivity contribution < 1.29 is 36.3 Å². The Balaban J connectivity index is 2.01. The summed E-state index contributed by atoms with van der Waals surface area (Å²) in [5.41, 5.74) is -3.01. The molecule has 27 heavy (non-hydrogen) atoms. The van der Waals surface area contributed by atoms with E-state index in [0.717, 1.165) is 25.4 Å². The molecule has 0 saturated heterocycles. The molecule has 9 heteroatoms. The van der Waals surface area contributed by atoms with Gasteiger partial charge in [0.25, 0.3) is 0 Å². The molecule has 4 nitrogen and oxygen atoms in total. The molecule has 1 aliphatic carbocycles. The summed E-state index contributed by atoms with van der Waals surface area (Å²) in [6.07, 6.45) is -3.58. The molecule has 140 valence electrons. The van der Waals surface area contributed by atoms with Gasteiger partial charge in [0.15, 0.2) is 11.6 Å². The van der Waals surface area contributed by atoms with E-state index < -0.39 is 58.2 Å². The maximum atomic E-state index is 14.0. The summed E-state index contributed by atoms with van der Waals surface area (Å²) in [5, 5.41) is 0. The Morgan fingerprint density at radius 2 is 1.70 bits per heavy atom. The van der Waals surface area contributed by atoms with E-state index in [9.17, 15) is 31.5 Å². The quantitative estimate of drug-likeness (QED) is 0.754. The lowest BCUT2D eigenvalue weighted by molar-refractivity contribution is -0.138. The molecule has 2 aromatic rings. The highest BCUT2D eigenvalue weighted by atomic mass is 19.4. The third-order valence-corrected chi connectivity index (χ3v) is 4.00. The van der Waals surface area contributed by atoms with Crippen molar-refractivity contribution in [1.82, 2.24) is 4.98 Å². The number of ketones is 2. The predicted octanol–water partition coefficient (Wildman–Crippen LogP) is 3.94. The second-order valence-corrected chi connectivity index (χ2v) is 5.69. The van der Waals surface area contributed by atoms with Crippen LogP contribution >= 0.6 is 0 Å². The number of hydrogen-bond acceptors (Lipinski definition) is 4. The average molecular weight is 383 g/mol. The van der Waals surface area contributed by atoms with Gasteiger partial charge in [0.05, 0.1) is 24.4 Å². The molecule has 1 aliphatic rings. The largest absolute Gasteiger partial charge is 0.495 e. The van der Waals surface area contributed by atoms with Gasteiger partial charge in [-0.1, -0.05) is 0 Å². The van der Waals surface area contributed by atoms with Crippen molar-refractivity contribution in [3.8, 4) is 5.75 Å². The van der Waals surface area contributed by atoms with Crippen LogP contribution in [-0.2, 0) is 12.6 Å². The highest BCUT2D eigenvalue weighted by Crippen LogP contribution is 2.36. The maximum absolute atomic E-state index is 14.0. The zero-order chi connectivity index (χ0) is 19.9. The average Bonchev–Trinajstić information content (AvgIpc) is 2.60. The fourth-order valence-corrected chi connectivity index (χ4v) is 2.76. The number of nitrogens with zero attached hydrogens (tertiary/aromatic N) is 1. The fraction of sp³-hybridized carbons (Fsp3) is 0.167. The second kappa shape index (κ2) is 6.57. The molecule has 0 spiro atoms. The number of Topliss-reactive ketones (excluding diaryl/α,β-unsaturated/α-hetero) is 1. The van der Waals surface area contributed by atoms with Crippen LogP contribution in [0.15, 0.2) is 36.0 Å². The van der Waals surface area contributed by atoms with E-state index >= 15 is 0 Å². The van der Waals surface area contributed by atoms with Gasteiger partial charge in [0, 0.05) is 17.7 Å². The summed E-state index contributed by atoms with van der Waals surface area (Å²) >= 11 is 0. The zero-order valence-corrected chi connectivity index (χ0v) is 13.7. The molecule has 0 atom stereocenters. The summed E-state index contributed by atoms with van der Waals surface area (Å²) in [7, 11) is 1.05. The zero-order valence-electron chi connectivity index (χ0n) is 13.7. The lowest BCUT2D eigenvalue weighted by Gasteiger charge is -2.17. The molecular formula is C18H10F5NO3. The molecule has 0 radical (unpaired) electrons. The lowest BCUT2D eigenvalue weighted by atomic mass is 9.86. The van der Waals surface area contributed by atoms with Crippen molar-refractivity contribution in [2.75, 3.05) is 7.11 Å². The molecule has 0 fully saturated rings. The number of alkyl halides is 3. The summed E-state index contributed by atoms with van der Waals surface area (Å²) < 4.78 is 71.6. The Bertz CT molecular complexity index is 995. The third kappa shape index (κ3) is 3.32. The van der Waals surface area contributed by atoms with Crippen LogP contribution in [-0.4, -0.2) is 23.7 Å². The van der Waals surface area contributed by atoms with E-state index in [0.29, 0.717) is 12.1 Å². The number of allylic oxidation sites excluding steroid dienone is 2. The number of ether oxygens (including phenoxy) is 1. The normalized spacial score (nSPS) is 14.1. The van der Waals surface area contributed by atoms with E-state index in [2.05, 4.69) is 9.72 Å². The maximum Gasteiger partial charge on any atom is 0.420 e. The Labute approximate surface area is 149 Å². The first kappa shape index (κ1) is 18.7. The number of halogens is 5. The number of carbonyl (C=O) groups is 2. The van der Waals surface area contributed by atoms with Crippen LogP contribution in [0.4, 0.5) is 22.0 Å². The van der Waals surface area contributed by atoms with Crippen LogP contribution in [0.3, 0.4) is 0 Å². The van der Waals surface area contributed by atoms with Crippen molar-refractivity contribution in [2.45, 2.75) is 12.6 Å². The molecule has 0 amide bonds. The van der Waals surface area contributed by atoms with Crippen molar-refractivity contribution in [3.63, 3.8) is 0 Å². The molecule has 1 heterocycles. The minimum absolute atomic E-state index is 0.184. The monoisotopic (exact) mass is 383 g/mol. The number of rotatable bonds is 3. The number of methoxy groups -OCH3 is 1. The summed E-state index contributed by atoms with van der Waals surface area (Å²) in [4.78, 5) is 28.3. The number of pyridine rings is 1. The van der Waals surface area contributed by atoms with Crippen molar-refractivity contribution in [3.05, 3.63) is 70.1 Å². The van der Waals surface area contributed by atoms with Gasteiger partial charge in [-0.25, -0.2) is 8.78 Å². The molecule has 0 aliphatic heterocycles. The highest BCUT2D eigenvalue weighted by Gasteiger charge is 2.36. The van der Waals surface area contributed by atoms with Gasteiger partial charge >= 0.3 is 6.18 Å². The van der Waals surface area contributed by atoms with Crippen molar-refractivity contribution >= 4 is 11.6 Å². The molecule has 0 saturated carbocycles. The van der Waals surface area contributed by atoms with E-state index in [4.69, 9.17) is 0 Å². The van der Waals surface area contributed by atoms with Crippen molar-refractivity contribution in [1.29, 1.82) is 0 Å². The van der Waals surface area contributed by atoms with Gasteiger partial charge in [-0.3, -0.25) is 14.6 Å². The van der Waals surface area contributed by atoms with Crippen LogP contribution in [0.1, 0.15) is 32.0 Å². The Morgan fingerprint density at radius 3 is 2.30 bits per heavy atom. The number of fused-ring (bicyclic) bond motifs is 1. The molecular weight excluding hydrogens is 373 g/mol. The lowest BCUT2D eigenvalue weighted by Crippen LogP contribution is -2.22. The van der Waals surface area contributed by atoms with E-state index in [-0.39, 0.29) is 11.3 Å². The third-order valence-electron chi connectivity index (χ3n) is 4.00. The molecule has 0 N–H and O–H groups in total. The van der Waals surface area contributed by atoms with E-state index in [1.165, 1.54) is 0 Å². The van der Waals surface area contributed by atoms with Crippen LogP contribution < -0.4 is 4.74 Å². The first-order valence-electron chi connectivity index (χ1n) is 7.51. The standard InChI is InChI=1S/C18H10F5NO3/c1-27-14-7-24-9(6-10(14)18(21,22)23)4-8-5-13(25)15-11(19)2-3-12(20)16(15)17(8)26/h2-3,5-7H,4H2,1H3.